The van der Waals surface area contributed by atoms with Crippen molar-refractivity contribution in [3.05, 3.63) is 266 Å². The van der Waals surface area contributed by atoms with Gasteiger partial charge >= 0.3 is 10.1 Å². The number of rotatable bonds is 19. The Balaban J connectivity index is 0.000000136. The first-order valence-electron chi connectivity index (χ1n) is 33.9. The van der Waals surface area contributed by atoms with Crippen molar-refractivity contribution in [1.29, 1.82) is 0 Å². The molecule has 0 saturated carbocycles. The van der Waals surface area contributed by atoms with Crippen molar-refractivity contribution >= 4 is 113 Å². The Hall–Kier alpha value is -11.8. The normalized spacial score (nSPS) is 14.0. The van der Waals surface area contributed by atoms with Gasteiger partial charge in [0.05, 0.1) is 76.6 Å². The number of methoxy groups -OCH3 is 2. The van der Waals surface area contributed by atoms with Crippen LogP contribution in [0.2, 0.25) is 0 Å². The van der Waals surface area contributed by atoms with E-state index in [4.69, 9.17) is 9.47 Å². The SMILES string of the molecule is COc1ccc(CN(c2ncns2)S(=O)(=O)c2ccc3c(=O)[nH]cnc3c2)c(C)c1.COc1ccc(CNc2ncns2)c(C)c1.O=S(=O)(Cc1ncns1)c1ccc2c(N3CCCC3c3ccncc3)ncnc2c1.O=c1[nH]cnc2cc(S(=O)(=O)Oc3c(F)c(F)c(F)c(F)c3F)ccc12.c1cc(C2CCCN2)ccn1. The summed E-state index contributed by atoms with van der Waals surface area (Å²) in [6, 6.07) is 32.5. The summed E-state index contributed by atoms with van der Waals surface area (Å²) in [5, 5.41) is 9.37. The summed E-state index contributed by atoms with van der Waals surface area (Å²) in [5.41, 5.74) is 6.57. The van der Waals surface area contributed by atoms with Crippen molar-refractivity contribution in [3.8, 4) is 17.2 Å². The molecule has 2 aliphatic rings. The van der Waals surface area contributed by atoms with Gasteiger partial charge in [-0.1, -0.05) is 12.1 Å². The van der Waals surface area contributed by atoms with Gasteiger partial charge in [0, 0.05) is 72.4 Å². The number of sulfone groups is 1. The van der Waals surface area contributed by atoms with E-state index in [1.807, 2.05) is 55.7 Å². The number of hydrogen-bond acceptors (Lipinski definition) is 29. The van der Waals surface area contributed by atoms with E-state index in [2.05, 4.69) is 113 Å². The number of H-pyrrole nitrogens is 2. The topological polar surface area (TPSA) is 381 Å². The number of sulfonamides is 1. The summed E-state index contributed by atoms with van der Waals surface area (Å²) in [6.07, 6.45) is 19.9. The van der Waals surface area contributed by atoms with Gasteiger partial charge in [0.25, 0.3) is 21.1 Å². The maximum Gasteiger partial charge on any atom is 0.339 e. The Bertz CT molecular complexity index is 6130. The molecule has 2 fully saturated rings. The Morgan fingerprint density at radius 2 is 1.12 bits per heavy atom. The van der Waals surface area contributed by atoms with Gasteiger partial charge in [0.15, 0.2) is 9.84 Å². The minimum atomic E-state index is -5.00. The quantitative estimate of drug-likeness (QED) is 0.0253. The molecule has 2 aliphatic heterocycles. The van der Waals surface area contributed by atoms with Gasteiger partial charge in [0.2, 0.25) is 45.1 Å². The molecular weight excluding hydrogens is 1590 g/mol. The first-order chi connectivity index (χ1) is 54.4. The highest BCUT2D eigenvalue weighted by atomic mass is 32.2. The fourth-order valence-corrected chi connectivity index (χ4v) is 17.5. The molecule has 584 valence electrons. The number of pyridine rings is 2. The van der Waals surface area contributed by atoms with Crippen LogP contribution in [-0.4, -0.2) is 121 Å². The number of nitrogens with zero attached hydrogens (tertiary/aromatic N) is 14. The lowest BCUT2D eigenvalue weighted by Crippen LogP contribution is -2.31. The molecule has 0 aliphatic carbocycles. The number of fused-ring (bicyclic) bond motifs is 3. The van der Waals surface area contributed by atoms with Gasteiger partial charge in [-0.3, -0.25) is 19.6 Å². The van der Waals surface area contributed by atoms with Crippen LogP contribution < -0.4 is 44.6 Å². The highest BCUT2D eigenvalue weighted by molar-refractivity contribution is 7.93. The number of anilines is 3. The second kappa shape index (κ2) is 36.1. The van der Waals surface area contributed by atoms with Crippen LogP contribution in [0.3, 0.4) is 0 Å². The van der Waals surface area contributed by atoms with Crippen LogP contribution in [0, 0.1) is 42.9 Å². The average Bonchev–Trinajstić information content (AvgIpc) is 1.74. The molecule has 8 aromatic heterocycles. The number of nitrogens with one attached hydrogen (secondary N) is 4. The van der Waals surface area contributed by atoms with Gasteiger partial charge < -0.3 is 39.2 Å². The van der Waals surface area contributed by atoms with Crippen molar-refractivity contribution in [2.75, 3.05) is 41.8 Å². The first-order valence-corrected chi connectivity index (χ1v) is 40.7. The van der Waals surface area contributed by atoms with Gasteiger partial charge in [-0.15, -0.1) is 0 Å². The molecule has 0 radical (unpaired) electrons. The zero-order chi connectivity index (χ0) is 80.0. The first kappa shape index (κ1) is 80.7. The smallest absolute Gasteiger partial charge is 0.339 e. The molecule has 16 rings (SSSR count). The molecule has 2 saturated heterocycles. The Kier molecular flexibility index (Phi) is 25.8. The molecule has 10 heterocycles. The predicted molar refractivity (Wildman–Crippen MR) is 413 cm³/mol. The number of aromatic nitrogens is 14. The number of benzene rings is 6. The summed E-state index contributed by atoms with van der Waals surface area (Å²) in [5.74, 6) is -11.8. The Morgan fingerprint density at radius 3 is 1.70 bits per heavy atom. The van der Waals surface area contributed by atoms with Crippen molar-refractivity contribution in [1.82, 2.24) is 73.3 Å². The monoisotopic (exact) mass is 1660 g/mol. The number of aromatic amines is 2. The molecule has 0 amide bonds. The third-order valence-corrected chi connectivity index (χ3v) is 24.5. The Labute approximate surface area is 653 Å². The van der Waals surface area contributed by atoms with E-state index in [0.29, 0.717) is 27.7 Å². The molecule has 29 nitrogen and oxygen atoms in total. The third kappa shape index (κ3) is 19.2. The van der Waals surface area contributed by atoms with Crippen LogP contribution in [0.25, 0.3) is 32.7 Å². The molecular formula is C73H65F5N18O11S6. The van der Waals surface area contributed by atoms with Gasteiger partial charge in [-0.05, 0) is 194 Å². The minimum absolute atomic E-state index is 0.00248. The van der Waals surface area contributed by atoms with Gasteiger partial charge in [-0.25, -0.2) is 69.2 Å². The zero-order valence-corrected chi connectivity index (χ0v) is 64.8. The van der Waals surface area contributed by atoms with E-state index in [1.54, 1.807) is 57.2 Å². The van der Waals surface area contributed by atoms with E-state index in [0.717, 1.165) is 113 Å². The van der Waals surface area contributed by atoms with Crippen molar-refractivity contribution in [3.63, 3.8) is 0 Å². The number of ether oxygens (including phenoxy) is 2. The lowest BCUT2D eigenvalue weighted by atomic mass is 10.1. The maximum atomic E-state index is 13.6. The summed E-state index contributed by atoms with van der Waals surface area (Å²) in [6.45, 7) is 6.82. The van der Waals surface area contributed by atoms with Gasteiger partial charge in [-0.2, -0.15) is 30.3 Å². The van der Waals surface area contributed by atoms with Crippen LogP contribution in [-0.2, 0) is 48.8 Å². The van der Waals surface area contributed by atoms with Crippen LogP contribution in [0.15, 0.2) is 202 Å². The van der Waals surface area contributed by atoms with E-state index in [-0.39, 0.29) is 55.2 Å². The van der Waals surface area contributed by atoms with E-state index >= 15 is 0 Å². The average molecular weight is 1660 g/mol. The second-order valence-electron chi connectivity index (χ2n) is 24.7. The molecule has 2 unspecified atom stereocenters. The van der Waals surface area contributed by atoms with Crippen molar-refractivity contribution in [2.45, 2.75) is 85.1 Å². The lowest BCUT2D eigenvalue weighted by Gasteiger charge is -2.27. The standard InChI is InChI=1S/C20H18N6O2S2.C19H17N5O4S2.C14H5F5N2O4S.C11H13N3OS.C9H12N2/c27-30(28,11-19-23-13-25-29-19)15-3-4-16-17(10-15)22-12-24-20(16)26-9-1-2-18(26)14-5-7-21-8-6-14;1-12-7-14(28-2)4-3-13(12)9-24(19-22-11-23-29-19)30(26,27)15-5-6-16-17(8-15)20-10-21-18(16)25;15-8-9(16)11(18)13(12(19)10(8)17)25-26(23,24)5-1-2-6-7(3-5)20-4-21-14(6)22;1-8-5-10(15-2)4-3-9(8)6-12-11-13-7-14-16-11;1-2-9(11-5-1)8-3-6-10-7-4-8/h3-8,10,12-13,18H,1-2,9,11H2;3-8,10-11H,9H2,1-2H3,(H,20,21,25);1-4H,(H,20,21,22);3-5,7H,6H2,1-2H3,(H,12,13,14);3-4,6-7,9,11H,1-2,5H2. The number of halogens is 5. The molecule has 40 heteroatoms. The molecule has 0 spiro atoms. The summed E-state index contributed by atoms with van der Waals surface area (Å²) < 4.78 is 171. The van der Waals surface area contributed by atoms with Crippen LogP contribution in [0.4, 0.5) is 38.0 Å². The largest absolute Gasteiger partial charge is 0.497 e. The van der Waals surface area contributed by atoms with Crippen LogP contribution >= 0.6 is 34.6 Å². The zero-order valence-electron chi connectivity index (χ0n) is 59.9. The summed E-state index contributed by atoms with van der Waals surface area (Å²) in [7, 11) is -9.28. The van der Waals surface area contributed by atoms with Crippen LogP contribution in [0.1, 0.15) is 76.2 Å². The molecule has 2 atom stereocenters. The number of aryl methyl sites for hydroxylation is 2. The van der Waals surface area contributed by atoms with E-state index in [9.17, 15) is 56.8 Å². The lowest BCUT2D eigenvalue weighted by molar-refractivity contribution is 0.346. The third-order valence-electron chi connectivity index (χ3n) is 17.7. The maximum absolute atomic E-state index is 13.6. The second-order valence-corrected chi connectivity index (χ2v) is 32.5. The predicted octanol–water partition coefficient (Wildman–Crippen LogP) is 12.0. The van der Waals surface area contributed by atoms with Crippen LogP contribution in [0.5, 0.6) is 17.2 Å². The van der Waals surface area contributed by atoms with E-state index < -0.39 is 75.3 Å². The van der Waals surface area contributed by atoms with Gasteiger partial charge in [0.1, 0.15) is 58.3 Å². The van der Waals surface area contributed by atoms with Crippen molar-refractivity contribution < 1.29 is 60.9 Å². The minimum Gasteiger partial charge on any atom is -0.497 e. The molecule has 0 bridgehead atoms. The molecule has 113 heavy (non-hydrogen) atoms. The molecule has 4 N–H and O–H groups in total. The Morgan fingerprint density at radius 1 is 0.558 bits per heavy atom. The fraction of sp³-hybridized carbons (Fsp3) is 0.205. The van der Waals surface area contributed by atoms with Crippen molar-refractivity contribution in [2.24, 2.45) is 0 Å². The summed E-state index contributed by atoms with van der Waals surface area (Å²) in [4.78, 5) is 66.9. The fourth-order valence-electron chi connectivity index (χ4n) is 11.9. The highest BCUT2D eigenvalue weighted by Gasteiger charge is 2.34. The molecule has 14 aromatic rings. The number of hydrogen-bond donors (Lipinski definition) is 4. The molecule has 6 aromatic carbocycles. The summed E-state index contributed by atoms with van der Waals surface area (Å²) >= 11 is 3.43. The van der Waals surface area contributed by atoms with E-state index in [1.165, 1.54) is 94.4 Å². The highest BCUT2D eigenvalue weighted by Crippen LogP contribution is 2.39.